The van der Waals surface area contributed by atoms with Gasteiger partial charge in [0.05, 0.1) is 24.8 Å². The van der Waals surface area contributed by atoms with Gasteiger partial charge >= 0.3 is 10.1 Å². The third-order valence-corrected chi connectivity index (χ3v) is 11.1. The Morgan fingerprint density at radius 3 is 1.68 bits per heavy atom. The van der Waals surface area contributed by atoms with Crippen molar-refractivity contribution in [1.29, 1.82) is 0 Å². The molecule has 0 spiro atoms. The monoisotopic (exact) mass is 818 g/mol. The van der Waals surface area contributed by atoms with Gasteiger partial charge in [-0.05, 0) is 102 Å². The number of phenols is 1. The van der Waals surface area contributed by atoms with Gasteiger partial charge in [-0.25, -0.2) is 0 Å². The number of benzene rings is 6. The van der Waals surface area contributed by atoms with Crippen molar-refractivity contribution in [3.63, 3.8) is 0 Å². The lowest BCUT2D eigenvalue weighted by molar-refractivity contribution is 0.415. The normalized spacial score (nSPS) is 12.4. The molecule has 288 valence electrons. The first-order valence-electron chi connectivity index (χ1n) is 16.0. The maximum atomic E-state index is 12.6. The van der Waals surface area contributed by atoms with Crippen LogP contribution in [0, 0.1) is 6.92 Å². The molecule has 0 aromatic heterocycles. The molecule has 0 aliphatic heterocycles. The Bertz CT molecular complexity index is 2880. The van der Waals surface area contributed by atoms with Crippen LogP contribution >= 0.6 is 0 Å². The Labute approximate surface area is 321 Å². The van der Waals surface area contributed by atoms with Gasteiger partial charge in [0.1, 0.15) is 49.9 Å². The summed E-state index contributed by atoms with van der Waals surface area (Å²) in [6, 6.07) is 26.1. The Hall–Kier alpha value is -6.25. The van der Waals surface area contributed by atoms with Crippen molar-refractivity contribution in [3.05, 3.63) is 115 Å². The molecule has 6 aromatic rings. The summed E-state index contributed by atoms with van der Waals surface area (Å²) in [5.41, 5.74) is 2.79. The Morgan fingerprint density at radius 1 is 0.571 bits per heavy atom. The van der Waals surface area contributed by atoms with Gasteiger partial charge in [0.25, 0.3) is 20.2 Å². The van der Waals surface area contributed by atoms with Crippen molar-refractivity contribution >= 4 is 63.9 Å². The molecule has 0 fully saturated rings. The van der Waals surface area contributed by atoms with E-state index in [9.17, 15) is 39.5 Å². The lowest BCUT2D eigenvalue weighted by Crippen LogP contribution is -2.09. The first-order valence-corrected chi connectivity index (χ1v) is 20.3. The summed E-state index contributed by atoms with van der Waals surface area (Å²) >= 11 is 0. The molecule has 0 aliphatic carbocycles. The van der Waals surface area contributed by atoms with Crippen LogP contribution in [-0.2, 0) is 30.4 Å². The molecule has 6 rings (SSSR count). The molecule has 6 aromatic carbocycles. The lowest BCUT2D eigenvalue weighted by Gasteiger charge is -2.11. The van der Waals surface area contributed by atoms with Crippen molar-refractivity contribution in [2.75, 3.05) is 14.2 Å². The molecule has 0 saturated heterocycles. The molecule has 0 bridgehead atoms. The summed E-state index contributed by atoms with van der Waals surface area (Å²) in [6.45, 7) is 1.85. The van der Waals surface area contributed by atoms with Crippen LogP contribution in [0.25, 0.3) is 21.9 Å². The predicted molar refractivity (Wildman–Crippen MR) is 204 cm³/mol. The molecule has 0 unspecified atom stereocenters. The molecule has 0 saturated carbocycles. The number of hydrogen-bond donors (Lipinski definition) is 3. The molecule has 0 heterocycles. The van der Waals surface area contributed by atoms with Crippen LogP contribution in [0.3, 0.4) is 0 Å². The standard InChI is InChI=1S/C37H30N4O12S3/c1-22-4-13-28(14-5-22)56(49,50)53-27-11-9-26(10-12-27)38-39-30-15-6-23(19-33(30)51-2)24-7-16-31(34(20-24)52-3)40-41-37-32(42)17-8-25-18-29(54(43,44)45)21-35(36(25)37)55(46,47)48/h4-21,42H,1-3H3,(H,43,44,45)(H,46,47,48). The topological polar surface area (TPSA) is 240 Å². The van der Waals surface area contributed by atoms with E-state index in [0.717, 1.165) is 17.7 Å². The van der Waals surface area contributed by atoms with Gasteiger partial charge in [-0.2, -0.15) is 30.4 Å². The molecule has 19 heteroatoms. The zero-order chi connectivity index (χ0) is 40.4. The third-order valence-electron chi connectivity index (χ3n) is 8.16. The van der Waals surface area contributed by atoms with E-state index in [1.165, 1.54) is 44.6 Å². The molecule has 0 aliphatic rings. The van der Waals surface area contributed by atoms with Crippen molar-refractivity contribution in [1.82, 2.24) is 0 Å². The fourth-order valence-electron chi connectivity index (χ4n) is 5.37. The van der Waals surface area contributed by atoms with Gasteiger partial charge in [-0.1, -0.05) is 35.9 Å². The summed E-state index contributed by atoms with van der Waals surface area (Å²) in [5, 5.41) is 26.9. The van der Waals surface area contributed by atoms with Gasteiger partial charge in [0.2, 0.25) is 0 Å². The number of azo groups is 2. The number of phenolic OH excluding ortho intramolecular Hbond substituents is 1. The second-order valence-corrected chi connectivity index (χ2v) is 16.3. The maximum absolute atomic E-state index is 12.6. The molecule has 0 amide bonds. The molecule has 16 nitrogen and oxygen atoms in total. The first kappa shape index (κ1) is 39.4. The van der Waals surface area contributed by atoms with Crippen molar-refractivity contribution in [2.45, 2.75) is 21.6 Å². The van der Waals surface area contributed by atoms with E-state index in [1.807, 2.05) is 6.92 Å². The highest BCUT2D eigenvalue weighted by Gasteiger charge is 2.24. The number of aromatic hydroxyl groups is 1. The Morgan fingerprint density at radius 2 is 1.14 bits per heavy atom. The van der Waals surface area contributed by atoms with Crippen LogP contribution in [0.1, 0.15) is 5.56 Å². The quantitative estimate of drug-likeness (QED) is 0.0597. The molecule has 0 atom stereocenters. The van der Waals surface area contributed by atoms with E-state index in [-0.39, 0.29) is 32.9 Å². The Balaban J connectivity index is 1.24. The second kappa shape index (κ2) is 15.5. The van der Waals surface area contributed by atoms with Gasteiger partial charge < -0.3 is 18.8 Å². The average Bonchev–Trinajstić information content (AvgIpc) is 3.16. The largest absolute Gasteiger partial charge is 0.506 e. The summed E-state index contributed by atoms with van der Waals surface area (Å²) in [4.78, 5) is -1.70. The SMILES string of the molecule is COc1cc(-c2ccc(N=Nc3c(O)ccc4cc(S(=O)(=O)O)cc(S(=O)(=O)O)c34)c(OC)c2)ccc1N=Nc1ccc(OS(=O)(=O)c2ccc(C)cc2)cc1. The van der Waals surface area contributed by atoms with Crippen LogP contribution in [0.5, 0.6) is 23.0 Å². The third kappa shape index (κ3) is 8.66. The number of fused-ring (bicyclic) bond motifs is 1. The van der Waals surface area contributed by atoms with Crippen molar-refractivity contribution in [2.24, 2.45) is 20.5 Å². The minimum atomic E-state index is -5.09. The van der Waals surface area contributed by atoms with Gasteiger partial charge in [-0.15, -0.1) is 15.3 Å². The molecular weight excluding hydrogens is 789 g/mol. The summed E-state index contributed by atoms with van der Waals surface area (Å²) < 4.78 is 109. The highest BCUT2D eigenvalue weighted by molar-refractivity contribution is 7.87. The van der Waals surface area contributed by atoms with E-state index in [0.29, 0.717) is 34.3 Å². The smallest absolute Gasteiger partial charge is 0.339 e. The fraction of sp³-hybridized carbons (Fsp3) is 0.0811. The number of methoxy groups -OCH3 is 2. The summed E-state index contributed by atoms with van der Waals surface area (Å²) in [7, 11) is -11.1. The maximum Gasteiger partial charge on any atom is 0.339 e. The van der Waals surface area contributed by atoms with Crippen LogP contribution in [0.15, 0.2) is 144 Å². The molecule has 56 heavy (non-hydrogen) atoms. The van der Waals surface area contributed by atoms with E-state index >= 15 is 0 Å². The number of hydrogen-bond acceptors (Lipinski definition) is 14. The number of aryl methyl sites for hydroxylation is 1. The lowest BCUT2D eigenvalue weighted by atomic mass is 10.0. The van der Waals surface area contributed by atoms with Gasteiger partial charge in [0.15, 0.2) is 0 Å². The zero-order valence-corrected chi connectivity index (χ0v) is 31.9. The average molecular weight is 819 g/mol. The number of rotatable bonds is 12. The zero-order valence-electron chi connectivity index (χ0n) is 29.4. The second-order valence-electron chi connectivity index (χ2n) is 11.9. The van der Waals surface area contributed by atoms with Gasteiger partial charge in [-0.3, -0.25) is 9.11 Å². The van der Waals surface area contributed by atoms with Crippen LogP contribution < -0.4 is 13.7 Å². The van der Waals surface area contributed by atoms with E-state index < -0.39 is 51.6 Å². The molecular formula is C37H30N4O12S3. The van der Waals surface area contributed by atoms with Crippen LogP contribution in [-0.4, -0.2) is 53.7 Å². The Kier molecular flexibility index (Phi) is 10.9. The highest BCUT2D eigenvalue weighted by atomic mass is 32.2. The highest BCUT2D eigenvalue weighted by Crippen LogP contribution is 2.43. The molecule has 0 radical (unpaired) electrons. The summed E-state index contributed by atoms with van der Waals surface area (Å²) in [6.07, 6.45) is 0. The minimum Gasteiger partial charge on any atom is -0.506 e. The summed E-state index contributed by atoms with van der Waals surface area (Å²) in [5.74, 6) is 0.151. The molecule has 3 N–H and O–H groups in total. The van der Waals surface area contributed by atoms with Crippen LogP contribution in [0.2, 0.25) is 0 Å². The number of ether oxygens (including phenoxy) is 2. The van der Waals surface area contributed by atoms with Crippen LogP contribution in [0.4, 0.5) is 22.7 Å². The minimum absolute atomic E-state index is 0.0300. The van der Waals surface area contributed by atoms with Crippen molar-refractivity contribution < 1.29 is 53.1 Å². The van der Waals surface area contributed by atoms with E-state index in [1.54, 1.807) is 60.7 Å². The first-order chi connectivity index (χ1) is 26.5. The fourth-order valence-corrected chi connectivity index (χ4v) is 7.66. The van der Waals surface area contributed by atoms with Gasteiger partial charge in [0, 0.05) is 5.39 Å². The predicted octanol–water partition coefficient (Wildman–Crippen LogP) is 8.63. The van der Waals surface area contributed by atoms with E-state index in [4.69, 9.17) is 13.7 Å². The van der Waals surface area contributed by atoms with Crippen molar-refractivity contribution in [3.8, 4) is 34.1 Å². The number of nitrogens with zero attached hydrogens (tertiary/aromatic N) is 4. The van der Waals surface area contributed by atoms with E-state index in [2.05, 4.69) is 20.5 Å².